The second-order valence-electron chi connectivity index (χ2n) is 4.04. The van der Waals surface area contributed by atoms with Crippen molar-refractivity contribution in [2.45, 2.75) is 33.1 Å². The van der Waals surface area contributed by atoms with Gasteiger partial charge in [-0.15, -0.1) is 11.6 Å². The molecule has 0 spiro atoms. The first-order valence-corrected chi connectivity index (χ1v) is 6.18. The third-order valence-corrected chi connectivity index (χ3v) is 2.53. The van der Waals surface area contributed by atoms with Crippen LogP contribution >= 0.6 is 11.6 Å². The largest absolute Gasteiger partial charge is 0.374 e. The molecule has 0 heterocycles. The molecule has 0 bridgehead atoms. The normalized spacial score (nSPS) is 10.6. The van der Waals surface area contributed by atoms with Crippen LogP contribution in [0.5, 0.6) is 0 Å². The summed E-state index contributed by atoms with van der Waals surface area (Å²) in [7, 11) is 0. The van der Waals surface area contributed by atoms with Crippen LogP contribution < -0.4 is 5.32 Å². The van der Waals surface area contributed by atoms with Gasteiger partial charge >= 0.3 is 0 Å². The van der Waals surface area contributed by atoms with Gasteiger partial charge in [0.05, 0.1) is 12.7 Å². The molecule has 0 aliphatic heterocycles. The summed E-state index contributed by atoms with van der Waals surface area (Å²) in [5.74, 6) is -0.170. The average molecular weight is 256 g/mol. The number of benzene rings is 1. The average Bonchev–Trinajstić information content (AvgIpc) is 2.34. The number of ether oxygens (including phenoxy) is 1. The zero-order chi connectivity index (χ0) is 12.7. The van der Waals surface area contributed by atoms with Crippen molar-refractivity contribution >= 4 is 17.5 Å². The molecular formula is C13H18ClNO2. The Morgan fingerprint density at radius 1 is 1.35 bits per heavy atom. The summed E-state index contributed by atoms with van der Waals surface area (Å²) >= 11 is 5.42. The van der Waals surface area contributed by atoms with Crippen molar-refractivity contribution in [3.8, 4) is 0 Å². The maximum Gasteiger partial charge on any atom is 0.235 e. The van der Waals surface area contributed by atoms with E-state index < -0.39 is 0 Å². The summed E-state index contributed by atoms with van der Waals surface area (Å²) in [6, 6.07) is 7.89. The molecule has 1 amide bonds. The molecule has 94 valence electrons. The molecule has 0 aliphatic rings. The number of nitrogens with one attached hydrogen (secondary N) is 1. The van der Waals surface area contributed by atoms with Crippen molar-refractivity contribution in [1.29, 1.82) is 0 Å². The zero-order valence-electron chi connectivity index (χ0n) is 10.2. The van der Waals surface area contributed by atoms with Crippen molar-refractivity contribution in [1.82, 2.24) is 5.32 Å². The predicted octanol–water partition coefficient (Wildman–Crippen LogP) is 2.47. The predicted molar refractivity (Wildman–Crippen MR) is 68.9 cm³/mol. The van der Waals surface area contributed by atoms with Gasteiger partial charge in [0.25, 0.3) is 0 Å². The van der Waals surface area contributed by atoms with Crippen LogP contribution in [-0.2, 0) is 22.7 Å². The SMILES string of the molecule is CC(C)OCc1ccccc1CNC(=O)CCl. The smallest absolute Gasteiger partial charge is 0.235 e. The minimum atomic E-state index is -0.161. The van der Waals surface area contributed by atoms with E-state index in [9.17, 15) is 4.79 Å². The van der Waals surface area contributed by atoms with Crippen LogP contribution in [0.15, 0.2) is 24.3 Å². The molecule has 0 aromatic heterocycles. The first-order valence-electron chi connectivity index (χ1n) is 5.64. The second kappa shape index (κ2) is 7.30. The van der Waals surface area contributed by atoms with Gasteiger partial charge in [0.2, 0.25) is 5.91 Å². The van der Waals surface area contributed by atoms with Gasteiger partial charge in [0.15, 0.2) is 0 Å². The molecule has 0 aliphatic carbocycles. The number of carbonyl (C=O) groups excluding carboxylic acids is 1. The van der Waals surface area contributed by atoms with Crippen molar-refractivity contribution in [3.05, 3.63) is 35.4 Å². The van der Waals surface area contributed by atoms with Gasteiger partial charge in [-0.2, -0.15) is 0 Å². The molecule has 1 aromatic rings. The summed E-state index contributed by atoms with van der Waals surface area (Å²) < 4.78 is 5.56. The fourth-order valence-electron chi connectivity index (χ4n) is 1.37. The Balaban J connectivity index is 2.60. The van der Waals surface area contributed by atoms with E-state index in [-0.39, 0.29) is 17.9 Å². The van der Waals surface area contributed by atoms with Crippen LogP contribution in [0.2, 0.25) is 0 Å². The van der Waals surface area contributed by atoms with Crippen LogP contribution in [0.1, 0.15) is 25.0 Å². The van der Waals surface area contributed by atoms with Crippen LogP contribution in [0.4, 0.5) is 0 Å². The Kier molecular flexibility index (Phi) is 6.01. The van der Waals surface area contributed by atoms with Crippen LogP contribution in [0, 0.1) is 0 Å². The Hall–Kier alpha value is -1.06. The maximum atomic E-state index is 11.1. The van der Waals surface area contributed by atoms with Crippen molar-refractivity contribution in [3.63, 3.8) is 0 Å². The van der Waals surface area contributed by atoms with Crippen LogP contribution in [-0.4, -0.2) is 17.9 Å². The first-order chi connectivity index (χ1) is 8.13. The summed E-state index contributed by atoms with van der Waals surface area (Å²) in [5.41, 5.74) is 2.16. The van der Waals surface area contributed by atoms with Crippen molar-refractivity contribution in [2.75, 3.05) is 5.88 Å². The lowest BCUT2D eigenvalue weighted by molar-refractivity contribution is -0.118. The van der Waals surface area contributed by atoms with E-state index in [0.29, 0.717) is 13.2 Å². The molecule has 0 radical (unpaired) electrons. The molecule has 17 heavy (non-hydrogen) atoms. The quantitative estimate of drug-likeness (QED) is 0.793. The maximum absolute atomic E-state index is 11.1. The lowest BCUT2D eigenvalue weighted by Gasteiger charge is -2.12. The number of rotatable bonds is 6. The third-order valence-electron chi connectivity index (χ3n) is 2.29. The van der Waals surface area contributed by atoms with E-state index in [1.54, 1.807) is 0 Å². The van der Waals surface area contributed by atoms with Gasteiger partial charge in [-0.05, 0) is 25.0 Å². The fraction of sp³-hybridized carbons (Fsp3) is 0.462. The second-order valence-corrected chi connectivity index (χ2v) is 4.31. The number of amides is 1. The van der Waals surface area contributed by atoms with E-state index in [4.69, 9.17) is 16.3 Å². The first kappa shape index (κ1) is 14.0. The standard InChI is InChI=1S/C13H18ClNO2/c1-10(2)17-9-12-6-4-3-5-11(12)8-15-13(16)7-14/h3-6,10H,7-9H2,1-2H3,(H,15,16). The molecule has 1 N–H and O–H groups in total. The van der Waals surface area contributed by atoms with E-state index in [1.165, 1.54) is 0 Å². The van der Waals surface area contributed by atoms with Gasteiger partial charge in [0.1, 0.15) is 5.88 Å². The van der Waals surface area contributed by atoms with Gasteiger partial charge in [0, 0.05) is 6.54 Å². The van der Waals surface area contributed by atoms with Crippen molar-refractivity contribution in [2.24, 2.45) is 0 Å². The molecule has 0 unspecified atom stereocenters. The third kappa shape index (κ3) is 5.20. The fourth-order valence-corrected chi connectivity index (χ4v) is 1.46. The summed E-state index contributed by atoms with van der Waals surface area (Å²) in [6.07, 6.45) is 0.195. The van der Waals surface area contributed by atoms with Gasteiger partial charge in [-0.1, -0.05) is 24.3 Å². The number of halogens is 1. The molecule has 0 saturated carbocycles. The van der Waals surface area contributed by atoms with E-state index in [0.717, 1.165) is 11.1 Å². The monoisotopic (exact) mass is 255 g/mol. The number of carbonyl (C=O) groups is 1. The Bertz CT molecular complexity index is 366. The number of hydrogen-bond donors (Lipinski definition) is 1. The molecule has 1 rings (SSSR count). The molecule has 4 heteroatoms. The molecule has 0 atom stereocenters. The lowest BCUT2D eigenvalue weighted by atomic mass is 10.1. The summed E-state index contributed by atoms with van der Waals surface area (Å²) in [6.45, 7) is 5.05. The van der Waals surface area contributed by atoms with E-state index >= 15 is 0 Å². The molecule has 0 fully saturated rings. The van der Waals surface area contributed by atoms with Gasteiger partial charge < -0.3 is 10.1 Å². The highest BCUT2D eigenvalue weighted by Gasteiger charge is 2.04. The van der Waals surface area contributed by atoms with Crippen molar-refractivity contribution < 1.29 is 9.53 Å². The minimum absolute atomic E-state index is 0.00926. The lowest BCUT2D eigenvalue weighted by Crippen LogP contribution is -2.24. The van der Waals surface area contributed by atoms with Crippen LogP contribution in [0.3, 0.4) is 0 Å². The van der Waals surface area contributed by atoms with Crippen LogP contribution in [0.25, 0.3) is 0 Å². The Morgan fingerprint density at radius 3 is 2.59 bits per heavy atom. The Labute approximate surface area is 107 Å². The molecule has 3 nitrogen and oxygen atoms in total. The summed E-state index contributed by atoms with van der Waals surface area (Å²) in [4.78, 5) is 11.1. The van der Waals surface area contributed by atoms with Gasteiger partial charge in [-0.25, -0.2) is 0 Å². The highest BCUT2D eigenvalue weighted by molar-refractivity contribution is 6.27. The zero-order valence-corrected chi connectivity index (χ0v) is 11.0. The Morgan fingerprint density at radius 2 is 2.00 bits per heavy atom. The minimum Gasteiger partial charge on any atom is -0.374 e. The molecule has 1 aromatic carbocycles. The van der Waals surface area contributed by atoms with Gasteiger partial charge in [-0.3, -0.25) is 4.79 Å². The summed E-state index contributed by atoms with van der Waals surface area (Å²) in [5, 5.41) is 2.75. The number of hydrogen-bond acceptors (Lipinski definition) is 2. The van der Waals surface area contributed by atoms with E-state index in [2.05, 4.69) is 5.32 Å². The van der Waals surface area contributed by atoms with E-state index in [1.807, 2.05) is 38.1 Å². The number of alkyl halides is 1. The highest BCUT2D eigenvalue weighted by Crippen LogP contribution is 2.11. The molecular weight excluding hydrogens is 238 g/mol. The molecule has 0 saturated heterocycles. The topological polar surface area (TPSA) is 38.3 Å². The highest BCUT2D eigenvalue weighted by atomic mass is 35.5.